The van der Waals surface area contributed by atoms with E-state index < -0.39 is 0 Å². The van der Waals surface area contributed by atoms with Crippen molar-refractivity contribution in [1.82, 2.24) is 5.32 Å². The van der Waals surface area contributed by atoms with Gasteiger partial charge in [-0.25, -0.2) is 0 Å². The van der Waals surface area contributed by atoms with Crippen LogP contribution in [0.3, 0.4) is 0 Å². The average molecular weight is 223 g/mol. The Balaban J connectivity index is 1.44. The zero-order valence-electron chi connectivity index (χ0n) is 9.28. The molecule has 88 valence electrons. The molecule has 1 aliphatic carbocycles. The lowest BCUT2D eigenvalue weighted by Gasteiger charge is -2.04. The highest BCUT2D eigenvalue weighted by Crippen LogP contribution is 2.28. The van der Waals surface area contributed by atoms with Crippen molar-refractivity contribution in [2.75, 3.05) is 13.2 Å². The zero-order valence-corrected chi connectivity index (χ0v) is 9.28. The SMILES string of the molecule is O=C(NCCCOCc1ccco1)C1CC1. The monoisotopic (exact) mass is 223 g/mol. The maximum Gasteiger partial charge on any atom is 0.223 e. The maximum absolute atomic E-state index is 11.3. The average Bonchev–Trinajstić information content (AvgIpc) is 3.02. The first-order valence-corrected chi connectivity index (χ1v) is 5.74. The molecule has 4 heteroatoms. The highest BCUT2D eigenvalue weighted by molar-refractivity contribution is 5.80. The van der Waals surface area contributed by atoms with Gasteiger partial charge in [0.1, 0.15) is 12.4 Å². The summed E-state index contributed by atoms with van der Waals surface area (Å²) in [7, 11) is 0. The van der Waals surface area contributed by atoms with Crippen LogP contribution < -0.4 is 5.32 Å². The summed E-state index contributed by atoms with van der Waals surface area (Å²) in [5.41, 5.74) is 0. The summed E-state index contributed by atoms with van der Waals surface area (Å²) in [6.07, 6.45) is 4.59. The summed E-state index contributed by atoms with van der Waals surface area (Å²) < 4.78 is 10.5. The van der Waals surface area contributed by atoms with E-state index in [1.165, 1.54) is 0 Å². The third-order valence-electron chi connectivity index (χ3n) is 2.54. The Kier molecular flexibility index (Phi) is 3.99. The van der Waals surface area contributed by atoms with Gasteiger partial charge in [0.15, 0.2) is 0 Å². The van der Waals surface area contributed by atoms with Gasteiger partial charge < -0.3 is 14.5 Å². The molecule has 1 N–H and O–H groups in total. The van der Waals surface area contributed by atoms with Crippen molar-refractivity contribution in [2.24, 2.45) is 5.92 Å². The summed E-state index contributed by atoms with van der Waals surface area (Å²) in [4.78, 5) is 11.3. The topological polar surface area (TPSA) is 51.5 Å². The number of ether oxygens (including phenoxy) is 1. The predicted molar refractivity (Wildman–Crippen MR) is 58.7 cm³/mol. The zero-order chi connectivity index (χ0) is 11.2. The highest BCUT2D eigenvalue weighted by Gasteiger charge is 2.28. The van der Waals surface area contributed by atoms with Crippen molar-refractivity contribution >= 4 is 5.91 Å². The number of hydrogen-bond donors (Lipinski definition) is 1. The van der Waals surface area contributed by atoms with Crippen LogP contribution in [0, 0.1) is 5.92 Å². The number of rotatable bonds is 7. The Hall–Kier alpha value is -1.29. The number of carbonyl (C=O) groups excluding carboxylic acids is 1. The van der Waals surface area contributed by atoms with E-state index in [4.69, 9.17) is 9.15 Å². The second-order valence-electron chi connectivity index (χ2n) is 4.05. The molecule has 2 rings (SSSR count). The smallest absolute Gasteiger partial charge is 0.223 e. The standard InChI is InChI=1S/C12H17NO3/c14-12(10-4-5-10)13-6-2-7-15-9-11-3-1-8-16-11/h1,3,8,10H,2,4-7,9H2,(H,13,14). The molecule has 1 aliphatic rings. The fourth-order valence-electron chi connectivity index (χ4n) is 1.44. The van der Waals surface area contributed by atoms with Crippen molar-refractivity contribution in [3.63, 3.8) is 0 Å². The number of carbonyl (C=O) groups is 1. The molecule has 1 fully saturated rings. The normalized spacial score (nSPS) is 15.0. The minimum atomic E-state index is 0.200. The van der Waals surface area contributed by atoms with Gasteiger partial charge in [0.25, 0.3) is 0 Å². The lowest BCUT2D eigenvalue weighted by atomic mass is 10.3. The Morgan fingerprint density at radius 1 is 1.56 bits per heavy atom. The number of nitrogens with one attached hydrogen (secondary N) is 1. The molecule has 16 heavy (non-hydrogen) atoms. The molecule has 1 aromatic heterocycles. The van der Waals surface area contributed by atoms with E-state index in [0.29, 0.717) is 25.7 Å². The molecule has 0 spiro atoms. The van der Waals surface area contributed by atoms with Crippen LogP contribution in [-0.2, 0) is 16.1 Å². The maximum atomic E-state index is 11.3. The number of amides is 1. The van der Waals surface area contributed by atoms with E-state index in [2.05, 4.69) is 5.32 Å². The summed E-state index contributed by atoms with van der Waals surface area (Å²) in [6.45, 7) is 1.85. The van der Waals surface area contributed by atoms with Crippen LogP contribution in [-0.4, -0.2) is 19.1 Å². The predicted octanol–water partition coefficient (Wildman–Crippen LogP) is 1.71. The summed E-state index contributed by atoms with van der Waals surface area (Å²) in [5.74, 6) is 1.33. The van der Waals surface area contributed by atoms with Crippen LogP contribution >= 0.6 is 0 Å². The van der Waals surface area contributed by atoms with Crippen LogP contribution in [0.4, 0.5) is 0 Å². The summed E-state index contributed by atoms with van der Waals surface area (Å²) in [6, 6.07) is 3.73. The van der Waals surface area contributed by atoms with Crippen LogP contribution in [0.1, 0.15) is 25.0 Å². The van der Waals surface area contributed by atoms with E-state index in [-0.39, 0.29) is 5.91 Å². The molecule has 1 aromatic rings. The van der Waals surface area contributed by atoms with Gasteiger partial charge in [0.2, 0.25) is 5.91 Å². The second kappa shape index (κ2) is 5.70. The van der Waals surface area contributed by atoms with Gasteiger partial charge >= 0.3 is 0 Å². The number of hydrogen-bond acceptors (Lipinski definition) is 3. The first kappa shape index (κ1) is 11.2. The van der Waals surface area contributed by atoms with Crippen LogP contribution in [0.25, 0.3) is 0 Å². The van der Waals surface area contributed by atoms with Gasteiger partial charge in [-0.3, -0.25) is 4.79 Å². The van der Waals surface area contributed by atoms with Gasteiger partial charge in [-0.2, -0.15) is 0 Å². The van der Waals surface area contributed by atoms with Crippen molar-refractivity contribution < 1.29 is 13.9 Å². The van der Waals surface area contributed by atoms with Crippen LogP contribution in [0.2, 0.25) is 0 Å². The van der Waals surface area contributed by atoms with Gasteiger partial charge in [0.05, 0.1) is 6.26 Å². The first-order valence-electron chi connectivity index (χ1n) is 5.74. The highest BCUT2D eigenvalue weighted by atomic mass is 16.5. The minimum absolute atomic E-state index is 0.200. The van der Waals surface area contributed by atoms with Gasteiger partial charge in [-0.1, -0.05) is 0 Å². The number of furan rings is 1. The third-order valence-corrected chi connectivity index (χ3v) is 2.54. The summed E-state index contributed by atoms with van der Waals surface area (Å²) in [5, 5.41) is 2.90. The fourth-order valence-corrected chi connectivity index (χ4v) is 1.44. The van der Waals surface area contributed by atoms with Crippen molar-refractivity contribution in [3.8, 4) is 0 Å². The van der Waals surface area contributed by atoms with E-state index >= 15 is 0 Å². The van der Waals surface area contributed by atoms with Gasteiger partial charge in [-0.15, -0.1) is 0 Å². The molecule has 0 aromatic carbocycles. The molecule has 0 unspecified atom stereocenters. The molecule has 0 bridgehead atoms. The lowest BCUT2D eigenvalue weighted by Crippen LogP contribution is -2.26. The molecule has 0 atom stereocenters. The van der Waals surface area contributed by atoms with E-state index in [0.717, 1.165) is 25.0 Å². The Morgan fingerprint density at radius 3 is 3.12 bits per heavy atom. The van der Waals surface area contributed by atoms with Gasteiger partial charge in [-0.05, 0) is 31.4 Å². The summed E-state index contributed by atoms with van der Waals surface area (Å²) >= 11 is 0. The Morgan fingerprint density at radius 2 is 2.44 bits per heavy atom. The molecular formula is C12H17NO3. The fraction of sp³-hybridized carbons (Fsp3) is 0.583. The molecule has 1 saturated carbocycles. The minimum Gasteiger partial charge on any atom is -0.467 e. The molecule has 0 radical (unpaired) electrons. The molecule has 0 saturated heterocycles. The third kappa shape index (κ3) is 3.70. The van der Waals surface area contributed by atoms with Crippen molar-refractivity contribution in [1.29, 1.82) is 0 Å². The molecule has 0 aliphatic heterocycles. The van der Waals surface area contributed by atoms with E-state index in [1.54, 1.807) is 6.26 Å². The molecule has 4 nitrogen and oxygen atoms in total. The van der Waals surface area contributed by atoms with Crippen LogP contribution in [0.15, 0.2) is 22.8 Å². The second-order valence-corrected chi connectivity index (χ2v) is 4.05. The van der Waals surface area contributed by atoms with Gasteiger partial charge in [0, 0.05) is 19.1 Å². The van der Waals surface area contributed by atoms with E-state index in [9.17, 15) is 4.79 Å². The van der Waals surface area contributed by atoms with Crippen LogP contribution in [0.5, 0.6) is 0 Å². The Bertz CT molecular complexity index is 317. The lowest BCUT2D eigenvalue weighted by molar-refractivity contribution is -0.122. The molecular weight excluding hydrogens is 206 g/mol. The Labute approximate surface area is 95.0 Å². The van der Waals surface area contributed by atoms with Crippen molar-refractivity contribution in [2.45, 2.75) is 25.9 Å². The quantitative estimate of drug-likeness (QED) is 0.716. The molecule has 1 heterocycles. The van der Waals surface area contributed by atoms with Crippen molar-refractivity contribution in [3.05, 3.63) is 24.2 Å². The molecule has 1 amide bonds. The first-order chi connectivity index (χ1) is 7.86. The largest absolute Gasteiger partial charge is 0.467 e. The van der Waals surface area contributed by atoms with E-state index in [1.807, 2.05) is 12.1 Å².